The van der Waals surface area contributed by atoms with E-state index in [0.717, 1.165) is 26.2 Å². The Kier molecular flexibility index (Phi) is 6.38. The van der Waals surface area contributed by atoms with Gasteiger partial charge in [-0.25, -0.2) is 0 Å². The third-order valence-corrected chi connectivity index (χ3v) is 4.92. The number of aromatic nitrogens is 1. The number of halogens is 2. The van der Waals surface area contributed by atoms with E-state index in [1.807, 2.05) is 18.5 Å². The number of pyridine rings is 1. The number of rotatable bonds is 3. The number of nitrogens with zero attached hydrogens (tertiary/aromatic N) is 2. The van der Waals surface area contributed by atoms with Crippen molar-refractivity contribution < 1.29 is 0 Å². The lowest BCUT2D eigenvalue weighted by molar-refractivity contribution is 0.153. The first kappa shape index (κ1) is 17.4. The van der Waals surface area contributed by atoms with Crippen molar-refractivity contribution in [3.05, 3.63) is 63.9 Å². The average molecular weight is 383 g/mol. The maximum Gasteiger partial charge on any atom is 0.0491 e. The average Bonchev–Trinajstić information content (AvgIpc) is 2.52. The maximum atomic E-state index is 4.27. The predicted octanol–water partition coefficient (Wildman–Crippen LogP) is 3.72. The molecule has 3 nitrogen and oxygen atoms in total. The quantitative estimate of drug-likeness (QED) is 0.877. The molecule has 0 amide bonds. The van der Waals surface area contributed by atoms with Crippen LogP contribution in [0.25, 0.3) is 0 Å². The SMILES string of the molecule is Cc1cc(CN2CCNCC2c2cccnc2)ccc1Br.Cl. The smallest absolute Gasteiger partial charge is 0.0491 e. The van der Waals surface area contributed by atoms with E-state index in [1.54, 1.807) is 0 Å². The van der Waals surface area contributed by atoms with E-state index in [4.69, 9.17) is 0 Å². The Morgan fingerprint density at radius 2 is 2.23 bits per heavy atom. The van der Waals surface area contributed by atoms with Crippen LogP contribution in [0.5, 0.6) is 0 Å². The molecule has 1 saturated heterocycles. The summed E-state index contributed by atoms with van der Waals surface area (Å²) in [6, 6.07) is 11.2. The summed E-state index contributed by atoms with van der Waals surface area (Å²) in [4.78, 5) is 6.80. The molecule has 1 aromatic heterocycles. The highest BCUT2D eigenvalue weighted by atomic mass is 79.9. The van der Waals surface area contributed by atoms with Crippen LogP contribution in [-0.2, 0) is 6.54 Å². The number of aryl methyl sites for hydroxylation is 1. The molecular weight excluding hydrogens is 362 g/mol. The lowest BCUT2D eigenvalue weighted by Crippen LogP contribution is -2.45. The molecule has 1 fully saturated rings. The zero-order chi connectivity index (χ0) is 14.7. The third-order valence-electron chi connectivity index (χ3n) is 4.03. The van der Waals surface area contributed by atoms with E-state index in [9.17, 15) is 0 Å². The van der Waals surface area contributed by atoms with Gasteiger partial charge in [0, 0.05) is 49.1 Å². The van der Waals surface area contributed by atoms with Gasteiger partial charge in [0.15, 0.2) is 0 Å². The molecule has 1 aliphatic heterocycles. The Morgan fingerprint density at radius 1 is 1.36 bits per heavy atom. The van der Waals surface area contributed by atoms with Crippen LogP contribution in [-0.4, -0.2) is 29.5 Å². The first-order valence-corrected chi connectivity index (χ1v) is 8.13. The fraction of sp³-hybridized carbons (Fsp3) is 0.353. The Hall–Kier alpha value is -0.940. The Balaban J connectivity index is 0.00000176. The first-order chi connectivity index (χ1) is 10.2. The zero-order valence-corrected chi connectivity index (χ0v) is 15.0. The van der Waals surface area contributed by atoms with Gasteiger partial charge in [-0.1, -0.05) is 34.1 Å². The maximum absolute atomic E-state index is 4.27. The van der Waals surface area contributed by atoms with Crippen molar-refractivity contribution in [2.24, 2.45) is 0 Å². The summed E-state index contributed by atoms with van der Waals surface area (Å²) in [6.45, 7) is 6.22. The van der Waals surface area contributed by atoms with E-state index in [1.165, 1.54) is 21.2 Å². The molecule has 3 rings (SSSR count). The van der Waals surface area contributed by atoms with Gasteiger partial charge in [-0.2, -0.15) is 0 Å². The highest BCUT2D eigenvalue weighted by molar-refractivity contribution is 9.10. The zero-order valence-electron chi connectivity index (χ0n) is 12.6. The second kappa shape index (κ2) is 8.06. The number of benzene rings is 1. The van der Waals surface area contributed by atoms with Crippen molar-refractivity contribution in [3.63, 3.8) is 0 Å². The lowest BCUT2D eigenvalue weighted by Gasteiger charge is -2.36. The summed E-state index contributed by atoms with van der Waals surface area (Å²) in [7, 11) is 0. The molecule has 2 heterocycles. The lowest BCUT2D eigenvalue weighted by atomic mass is 10.0. The van der Waals surface area contributed by atoms with Crippen LogP contribution >= 0.6 is 28.3 Å². The van der Waals surface area contributed by atoms with E-state index < -0.39 is 0 Å². The monoisotopic (exact) mass is 381 g/mol. The van der Waals surface area contributed by atoms with Crippen LogP contribution in [0.3, 0.4) is 0 Å². The normalized spacial score (nSPS) is 18.7. The number of hydrogen-bond donors (Lipinski definition) is 1. The topological polar surface area (TPSA) is 28.2 Å². The molecule has 1 aromatic carbocycles. The molecule has 0 bridgehead atoms. The van der Waals surface area contributed by atoms with Crippen molar-refractivity contribution in [2.45, 2.75) is 19.5 Å². The van der Waals surface area contributed by atoms with Crippen LogP contribution in [0.2, 0.25) is 0 Å². The van der Waals surface area contributed by atoms with Crippen molar-refractivity contribution in [2.75, 3.05) is 19.6 Å². The molecule has 1 aliphatic rings. The first-order valence-electron chi connectivity index (χ1n) is 7.34. The summed E-state index contributed by atoms with van der Waals surface area (Å²) in [6.07, 6.45) is 3.82. The predicted molar refractivity (Wildman–Crippen MR) is 96.4 cm³/mol. The Bertz CT molecular complexity index is 606. The van der Waals surface area contributed by atoms with Gasteiger partial charge in [0.25, 0.3) is 0 Å². The van der Waals surface area contributed by atoms with E-state index in [-0.39, 0.29) is 12.4 Å². The van der Waals surface area contributed by atoms with Gasteiger partial charge >= 0.3 is 0 Å². The fourth-order valence-electron chi connectivity index (χ4n) is 2.88. The largest absolute Gasteiger partial charge is 0.314 e. The van der Waals surface area contributed by atoms with Crippen molar-refractivity contribution >= 4 is 28.3 Å². The standard InChI is InChI=1S/C17H20BrN3.ClH/c1-13-9-14(4-5-16(13)18)12-21-8-7-20-11-17(21)15-3-2-6-19-10-15;/h2-6,9-10,17,20H,7-8,11-12H2,1H3;1H. The van der Waals surface area contributed by atoms with Gasteiger partial charge < -0.3 is 5.32 Å². The van der Waals surface area contributed by atoms with Crippen molar-refractivity contribution in [1.82, 2.24) is 15.2 Å². The summed E-state index contributed by atoms with van der Waals surface area (Å²) in [5, 5.41) is 3.49. The Morgan fingerprint density at radius 3 is 2.95 bits per heavy atom. The Labute approximate surface area is 146 Å². The molecule has 0 radical (unpaired) electrons. The molecule has 118 valence electrons. The molecule has 22 heavy (non-hydrogen) atoms. The molecule has 0 spiro atoms. The third kappa shape index (κ3) is 4.07. The molecule has 0 aliphatic carbocycles. The van der Waals surface area contributed by atoms with Crippen molar-refractivity contribution in [3.8, 4) is 0 Å². The van der Waals surface area contributed by atoms with E-state index in [0.29, 0.717) is 6.04 Å². The second-order valence-electron chi connectivity index (χ2n) is 5.56. The summed E-state index contributed by atoms with van der Waals surface area (Å²) < 4.78 is 1.18. The summed E-state index contributed by atoms with van der Waals surface area (Å²) in [5.41, 5.74) is 3.95. The molecule has 0 saturated carbocycles. The molecule has 1 atom stereocenters. The van der Waals surface area contributed by atoms with Crippen LogP contribution in [0.1, 0.15) is 22.7 Å². The van der Waals surface area contributed by atoms with Gasteiger partial charge in [-0.3, -0.25) is 9.88 Å². The summed E-state index contributed by atoms with van der Waals surface area (Å²) in [5.74, 6) is 0. The highest BCUT2D eigenvalue weighted by Gasteiger charge is 2.23. The van der Waals surface area contributed by atoms with Gasteiger partial charge in [0.05, 0.1) is 0 Å². The van der Waals surface area contributed by atoms with Gasteiger partial charge in [0.1, 0.15) is 0 Å². The molecule has 2 aromatic rings. The van der Waals surface area contributed by atoms with Crippen LogP contribution in [0, 0.1) is 6.92 Å². The second-order valence-corrected chi connectivity index (χ2v) is 6.41. The van der Waals surface area contributed by atoms with Crippen LogP contribution in [0.4, 0.5) is 0 Å². The number of hydrogen-bond acceptors (Lipinski definition) is 3. The van der Waals surface area contributed by atoms with Crippen LogP contribution < -0.4 is 5.32 Å². The molecule has 1 N–H and O–H groups in total. The summed E-state index contributed by atoms with van der Waals surface area (Å²) >= 11 is 3.57. The van der Waals surface area contributed by atoms with Gasteiger partial charge in [-0.05, 0) is 35.7 Å². The highest BCUT2D eigenvalue weighted by Crippen LogP contribution is 2.25. The minimum absolute atomic E-state index is 0. The minimum Gasteiger partial charge on any atom is -0.314 e. The van der Waals surface area contributed by atoms with Crippen LogP contribution in [0.15, 0.2) is 47.2 Å². The number of nitrogens with one attached hydrogen (secondary N) is 1. The van der Waals surface area contributed by atoms with Gasteiger partial charge in [-0.15, -0.1) is 12.4 Å². The number of piperazine rings is 1. The molecule has 5 heteroatoms. The van der Waals surface area contributed by atoms with Gasteiger partial charge in [0.2, 0.25) is 0 Å². The molecule has 1 unspecified atom stereocenters. The van der Waals surface area contributed by atoms with E-state index >= 15 is 0 Å². The van der Waals surface area contributed by atoms with Crippen molar-refractivity contribution in [1.29, 1.82) is 0 Å². The fourth-order valence-corrected chi connectivity index (χ4v) is 3.12. The molecular formula is C17H21BrClN3. The minimum atomic E-state index is 0. The van der Waals surface area contributed by atoms with E-state index in [2.05, 4.69) is 62.3 Å².